The number of sulfonamides is 1. The minimum atomic E-state index is -5.60. The predicted molar refractivity (Wildman–Crippen MR) is 137 cm³/mol. The van der Waals surface area contributed by atoms with Crippen LogP contribution in [0, 0.1) is 13.8 Å². The van der Waals surface area contributed by atoms with Crippen LogP contribution in [0.5, 0.6) is 0 Å². The van der Waals surface area contributed by atoms with Crippen LogP contribution in [0.3, 0.4) is 0 Å². The van der Waals surface area contributed by atoms with Gasteiger partial charge in [0.05, 0.1) is 28.1 Å². The second-order valence-corrected chi connectivity index (χ2v) is 10.1. The van der Waals surface area contributed by atoms with Gasteiger partial charge in [0.15, 0.2) is 0 Å². The van der Waals surface area contributed by atoms with Crippen molar-refractivity contribution in [1.29, 1.82) is 0 Å². The van der Waals surface area contributed by atoms with Crippen LogP contribution in [-0.2, 0) is 14.8 Å². The fraction of sp³-hybridized carbons (Fsp3) is 0.167. The highest BCUT2D eigenvalue weighted by molar-refractivity contribution is 7.93. The Morgan fingerprint density at radius 3 is 2.14 bits per heavy atom. The Morgan fingerprint density at radius 2 is 1.62 bits per heavy atom. The Morgan fingerprint density at radius 1 is 1.00 bits per heavy atom. The predicted octanol–water partition coefficient (Wildman–Crippen LogP) is 5.24. The van der Waals surface area contributed by atoms with Gasteiger partial charge in [-0.05, 0) is 43.7 Å². The van der Waals surface area contributed by atoms with E-state index < -0.39 is 33.6 Å². The lowest BCUT2D eigenvalue weighted by Gasteiger charge is -2.15. The van der Waals surface area contributed by atoms with E-state index >= 15 is 0 Å². The number of alkyl halides is 6. The van der Waals surface area contributed by atoms with Gasteiger partial charge in [0.1, 0.15) is 5.76 Å². The Kier molecular flexibility index (Phi) is 8.71. The number of pyridine rings is 1. The summed E-state index contributed by atoms with van der Waals surface area (Å²) in [5.41, 5.74) is 2.95. The topological polar surface area (TPSA) is 178 Å². The smallest absolute Gasteiger partial charge is 0.475 e. The SMILES string of the molecule is Cc1noc(C)c1-c1ccc2c(Nc3cccc(NS(=O)(=O)C(F)(F)F)c3)c(C(N)=O)cnc2c1.O=C(O)C(F)(F)F. The molecule has 0 fully saturated rings. The van der Waals surface area contributed by atoms with Gasteiger partial charge in [-0.2, -0.15) is 34.8 Å². The molecule has 0 saturated carbocycles. The van der Waals surface area contributed by atoms with Crippen molar-refractivity contribution >= 4 is 49.9 Å². The number of fused-ring (bicyclic) bond motifs is 1. The van der Waals surface area contributed by atoms with Gasteiger partial charge in [0.2, 0.25) is 0 Å². The summed E-state index contributed by atoms with van der Waals surface area (Å²) in [4.78, 5) is 25.3. The number of rotatable bonds is 6. The minimum Gasteiger partial charge on any atom is -0.475 e. The monoisotopic (exact) mass is 619 g/mol. The van der Waals surface area contributed by atoms with E-state index in [0.717, 1.165) is 23.3 Å². The molecule has 1 amide bonds. The molecule has 42 heavy (non-hydrogen) atoms. The Hall–Kier alpha value is -4.87. The molecule has 0 unspecified atom stereocenters. The summed E-state index contributed by atoms with van der Waals surface area (Å²) in [5, 5.41) is 14.5. The van der Waals surface area contributed by atoms with E-state index in [1.807, 2.05) is 0 Å². The number of aryl methyl sites for hydroxylation is 2. The number of nitrogens with zero attached hydrogens (tertiary/aromatic N) is 2. The highest BCUT2D eigenvalue weighted by atomic mass is 32.2. The molecule has 18 heteroatoms. The van der Waals surface area contributed by atoms with Crippen LogP contribution in [0.4, 0.5) is 43.4 Å². The van der Waals surface area contributed by atoms with E-state index in [0.29, 0.717) is 22.4 Å². The summed E-state index contributed by atoms with van der Waals surface area (Å²) < 4.78 is 99.5. The second kappa shape index (κ2) is 11.6. The van der Waals surface area contributed by atoms with Crippen LogP contribution in [0.25, 0.3) is 22.0 Å². The molecule has 224 valence electrons. The molecule has 0 aliphatic rings. The molecule has 5 N–H and O–H groups in total. The standard InChI is InChI=1S/C22H18F3N5O4S.C2HF3O2/c1-11-19(12(2)34-29-11)13-6-7-16-18(8-13)27-10-17(21(26)31)20(16)28-14-4-3-5-15(9-14)30-35(32,33)22(23,24)25;3-2(4,5)1(6)7/h3-10,30H,1-2H3,(H2,26,31)(H,27,28);(H,6,7). The molecule has 0 spiro atoms. The third-order valence-corrected chi connectivity index (χ3v) is 6.50. The van der Waals surface area contributed by atoms with E-state index in [1.165, 1.54) is 23.1 Å². The number of amides is 1. The van der Waals surface area contributed by atoms with Crippen LogP contribution in [0.2, 0.25) is 0 Å². The quantitative estimate of drug-likeness (QED) is 0.210. The highest BCUT2D eigenvalue weighted by Crippen LogP contribution is 2.35. The molecule has 0 bridgehead atoms. The number of hydrogen-bond donors (Lipinski definition) is 4. The third-order valence-electron chi connectivity index (χ3n) is 5.39. The lowest BCUT2D eigenvalue weighted by atomic mass is 10.0. The molecule has 2 aromatic carbocycles. The van der Waals surface area contributed by atoms with Crippen LogP contribution < -0.4 is 15.8 Å². The number of carboxylic acids is 1. The Balaban J connectivity index is 0.000000616. The van der Waals surface area contributed by atoms with Gasteiger partial charge in [0.25, 0.3) is 5.91 Å². The fourth-order valence-electron chi connectivity index (χ4n) is 3.58. The van der Waals surface area contributed by atoms with Gasteiger partial charge in [-0.3, -0.25) is 14.5 Å². The van der Waals surface area contributed by atoms with E-state index in [9.17, 15) is 39.6 Å². The van der Waals surface area contributed by atoms with Crippen LogP contribution in [0.1, 0.15) is 21.8 Å². The average Bonchev–Trinajstić information content (AvgIpc) is 3.20. The first-order chi connectivity index (χ1) is 19.3. The number of nitrogens with one attached hydrogen (secondary N) is 2. The zero-order chi connectivity index (χ0) is 31.6. The van der Waals surface area contributed by atoms with E-state index in [4.69, 9.17) is 20.2 Å². The zero-order valence-electron chi connectivity index (χ0n) is 21.3. The summed E-state index contributed by atoms with van der Waals surface area (Å²) in [6.45, 7) is 3.57. The van der Waals surface area contributed by atoms with Crippen LogP contribution in [-0.4, -0.2) is 47.2 Å². The third kappa shape index (κ3) is 7.06. The molecule has 4 rings (SSSR count). The summed E-state index contributed by atoms with van der Waals surface area (Å²) >= 11 is 0. The van der Waals surface area contributed by atoms with Crippen LogP contribution in [0.15, 0.2) is 53.2 Å². The number of aromatic nitrogens is 2. The summed E-state index contributed by atoms with van der Waals surface area (Å²) in [6, 6.07) is 10.4. The number of carboxylic acid groups (broad SMARTS) is 1. The number of carbonyl (C=O) groups excluding carboxylic acids is 1. The molecule has 11 nitrogen and oxygen atoms in total. The maximum absolute atomic E-state index is 12.7. The van der Waals surface area contributed by atoms with Crippen molar-refractivity contribution in [2.75, 3.05) is 10.0 Å². The maximum Gasteiger partial charge on any atom is 0.516 e. The Labute approximate surface area is 232 Å². The normalized spacial score (nSPS) is 11.9. The molecular weight excluding hydrogens is 600 g/mol. The van der Waals surface area contributed by atoms with Crippen molar-refractivity contribution in [1.82, 2.24) is 10.1 Å². The second-order valence-electron chi connectivity index (χ2n) is 8.40. The minimum absolute atomic E-state index is 0.0314. The molecule has 0 aliphatic carbocycles. The first kappa shape index (κ1) is 31.7. The fourth-order valence-corrected chi connectivity index (χ4v) is 4.14. The van der Waals surface area contributed by atoms with Gasteiger partial charge in [-0.1, -0.05) is 23.4 Å². The number of aliphatic carboxylic acids is 1. The molecule has 0 aliphatic heterocycles. The van der Waals surface area contributed by atoms with E-state index in [-0.39, 0.29) is 22.6 Å². The summed E-state index contributed by atoms with van der Waals surface area (Å²) in [6.07, 6.45) is -3.81. The van der Waals surface area contributed by atoms with Crippen molar-refractivity contribution in [3.8, 4) is 11.1 Å². The van der Waals surface area contributed by atoms with Crippen molar-refractivity contribution in [2.24, 2.45) is 5.73 Å². The first-order valence-corrected chi connectivity index (χ1v) is 12.7. The molecule has 0 atom stereocenters. The molecule has 4 aromatic rings. The number of anilines is 3. The molecule has 2 heterocycles. The van der Waals surface area contributed by atoms with Crippen molar-refractivity contribution in [3.05, 3.63) is 65.7 Å². The number of nitrogens with two attached hydrogens (primary N) is 1. The van der Waals surface area contributed by atoms with Crippen molar-refractivity contribution in [2.45, 2.75) is 25.5 Å². The maximum atomic E-state index is 12.7. The number of halogens is 6. The van der Waals surface area contributed by atoms with Gasteiger partial charge in [-0.25, -0.2) is 4.79 Å². The van der Waals surface area contributed by atoms with E-state index in [1.54, 1.807) is 32.0 Å². The van der Waals surface area contributed by atoms with E-state index in [2.05, 4.69) is 15.5 Å². The lowest BCUT2D eigenvalue weighted by Crippen LogP contribution is -2.29. The highest BCUT2D eigenvalue weighted by Gasteiger charge is 2.46. The molecule has 2 aromatic heterocycles. The lowest BCUT2D eigenvalue weighted by molar-refractivity contribution is -0.192. The largest absolute Gasteiger partial charge is 0.516 e. The van der Waals surface area contributed by atoms with Crippen LogP contribution >= 0.6 is 0 Å². The average molecular weight is 620 g/mol. The zero-order valence-corrected chi connectivity index (χ0v) is 22.1. The number of benzene rings is 2. The van der Waals surface area contributed by atoms with Gasteiger partial charge in [0, 0.05) is 22.8 Å². The molecular formula is C24H19F6N5O6S. The first-order valence-electron chi connectivity index (χ1n) is 11.2. The van der Waals surface area contributed by atoms with Gasteiger partial charge >= 0.3 is 27.7 Å². The van der Waals surface area contributed by atoms with Crippen molar-refractivity contribution < 1.29 is 54.0 Å². The molecule has 0 saturated heterocycles. The number of carbonyl (C=O) groups is 2. The van der Waals surface area contributed by atoms with Gasteiger partial charge in [-0.15, -0.1) is 0 Å². The number of primary amides is 1. The number of hydrogen-bond acceptors (Lipinski definition) is 8. The van der Waals surface area contributed by atoms with Gasteiger partial charge < -0.3 is 20.7 Å². The summed E-state index contributed by atoms with van der Waals surface area (Å²) in [5.74, 6) is -2.93. The molecule has 0 radical (unpaired) electrons. The summed E-state index contributed by atoms with van der Waals surface area (Å²) in [7, 11) is -5.60. The Bertz CT molecular complexity index is 1750. The van der Waals surface area contributed by atoms with Crippen molar-refractivity contribution in [3.63, 3.8) is 0 Å².